The smallest absolute Gasteiger partial charge is 0.317 e. The van der Waals surface area contributed by atoms with E-state index in [4.69, 9.17) is 21.7 Å². The number of hydrogen-bond donors (Lipinski definition) is 2. The van der Waals surface area contributed by atoms with Crippen LogP contribution in [0.2, 0.25) is 0 Å². The fraction of sp³-hybridized carbons (Fsp3) is 0.263. The standard InChI is InChI=1S/C19H18N2O3S/c1-2-23-17(22)15-16-13-10-6-7-11-14(13)24-19(15,21-18(25)20-16)12-8-4-3-5-9-12/h3-11,15-16H,2H2,1H3,(H2,20,21,25)/t15-,16-,19-/m0/s1. The van der Waals surface area contributed by atoms with Crippen LogP contribution in [0.1, 0.15) is 24.1 Å². The summed E-state index contributed by atoms with van der Waals surface area (Å²) in [5.41, 5.74) is 0.627. The highest BCUT2D eigenvalue weighted by Crippen LogP contribution is 2.49. The Labute approximate surface area is 151 Å². The minimum absolute atomic E-state index is 0.305. The Balaban J connectivity index is 1.94. The van der Waals surface area contributed by atoms with Gasteiger partial charge in [0.15, 0.2) is 5.11 Å². The molecule has 0 amide bonds. The second-order valence-electron chi connectivity index (χ2n) is 6.05. The van der Waals surface area contributed by atoms with Crippen LogP contribution >= 0.6 is 12.2 Å². The molecule has 1 fully saturated rings. The van der Waals surface area contributed by atoms with E-state index in [2.05, 4.69) is 10.6 Å². The topological polar surface area (TPSA) is 59.6 Å². The van der Waals surface area contributed by atoms with E-state index in [0.717, 1.165) is 16.9 Å². The maximum absolute atomic E-state index is 12.9. The normalized spacial score (nSPS) is 26.5. The first-order chi connectivity index (χ1) is 12.2. The second-order valence-corrected chi connectivity index (χ2v) is 6.46. The molecule has 6 heteroatoms. The molecule has 0 aromatic heterocycles. The molecular formula is C19H18N2O3S. The van der Waals surface area contributed by atoms with Gasteiger partial charge in [-0.2, -0.15) is 0 Å². The van der Waals surface area contributed by atoms with E-state index in [1.807, 2.05) is 54.6 Å². The number of esters is 1. The van der Waals surface area contributed by atoms with E-state index in [9.17, 15) is 4.79 Å². The zero-order chi connectivity index (χ0) is 17.4. The highest BCUT2D eigenvalue weighted by molar-refractivity contribution is 7.80. The Morgan fingerprint density at radius 2 is 1.92 bits per heavy atom. The molecule has 2 N–H and O–H groups in total. The molecule has 128 valence electrons. The average Bonchev–Trinajstić information content (AvgIpc) is 2.62. The first kappa shape index (κ1) is 15.9. The van der Waals surface area contributed by atoms with Gasteiger partial charge in [-0.05, 0) is 25.2 Å². The van der Waals surface area contributed by atoms with Crippen molar-refractivity contribution in [3.63, 3.8) is 0 Å². The van der Waals surface area contributed by atoms with Crippen molar-refractivity contribution in [3.8, 4) is 5.75 Å². The number of nitrogens with one attached hydrogen (secondary N) is 2. The molecule has 2 aromatic carbocycles. The Hall–Kier alpha value is -2.60. The summed E-state index contributed by atoms with van der Waals surface area (Å²) in [6, 6.07) is 17.0. The lowest BCUT2D eigenvalue weighted by molar-refractivity contribution is -0.165. The molecule has 5 nitrogen and oxygen atoms in total. The molecule has 4 rings (SSSR count). The molecule has 0 unspecified atom stereocenters. The first-order valence-corrected chi connectivity index (χ1v) is 8.65. The van der Waals surface area contributed by atoms with Crippen LogP contribution < -0.4 is 15.4 Å². The van der Waals surface area contributed by atoms with Crippen molar-refractivity contribution in [2.75, 3.05) is 6.61 Å². The van der Waals surface area contributed by atoms with E-state index in [-0.39, 0.29) is 12.0 Å². The molecule has 2 bridgehead atoms. The van der Waals surface area contributed by atoms with Crippen molar-refractivity contribution in [1.29, 1.82) is 0 Å². The van der Waals surface area contributed by atoms with Crippen LogP contribution in [0.4, 0.5) is 0 Å². The number of fused-ring (bicyclic) bond motifs is 4. The third kappa shape index (κ3) is 2.44. The lowest BCUT2D eigenvalue weighted by atomic mass is 9.76. The fourth-order valence-electron chi connectivity index (χ4n) is 3.62. The molecule has 0 aliphatic carbocycles. The van der Waals surface area contributed by atoms with E-state index in [0.29, 0.717) is 11.7 Å². The summed E-state index contributed by atoms with van der Waals surface area (Å²) in [7, 11) is 0. The molecule has 1 saturated heterocycles. The highest BCUT2D eigenvalue weighted by atomic mass is 32.1. The fourth-order valence-corrected chi connectivity index (χ4v) is 3.90. The predicted molar refractivity (Wildman–Crippen MR) is 96.9 cm³/mol. The first-order valence-electron chi connectivity index (χ1n) is 8.24. The molecule has 2 heterocycles. The summed E-state index contributed by atoms with van der Waals surface area (Å²) in [6.45, 7) is 2.10. The number of benzene rings is 2. The molecule has 0 spiro atoms. The molecule has 0 radical (unpaired) electrons. The number of carbonyl (C=O) groups excluding carboxylic acids is 1. The summed E-state index contributed by atoms with van der Waals surface area (Å²) >= 11 is 5.41. The van der Waals surface area contributed by atoms with Gasteiger partial charge in [-0.3, -0.25) is 4.79 Å². The lowest BCUT2D eigenvalue weighted by Crippen LogP contribution is -2.69. The molecule has 3 atom stereocenters. The van der Waals surface area contributed by atoms with Gasteiger partial charge in [-0.15, -0.1) is 0 Å². The van der Waals surface area contributed by atoms with Crippen molar-refractivity contribution >= 4 is 23.3 Å². The lowest BCUT2D eigenvalue weighted by Gasteiger charge is -2.51. The van der Waals surface area contributed by atoms with Gasteiger partial charge < -0.3 is 20.1 Å². The van der Waals surface area contributed by atoms with E-state index in [1.165, 1.54) is 0 Å². The van der Waals surface area contributed by atoms with Crippen LogP contribution in [0, 0.1) is 5.92 Å². The third-order valence-corrected chi connectivity index (χ3v) is 4.85. The van der Waals surface area contributed by atoms with Crippen LogP contribution in [0.5, 0.6) is 5.75 Å². The Morgan fingerprint density at radius 1 is 1.20 bits per heavy atom. The maximum Gasteiger partial charge on any atom is 0.317 e. The van der Waals surface area contributed by atoms with Crippen molar-refractivity contribution < 1.29 is 14.3 Å². The number of para-hydroxylation sites is 1. The predicted octanol–water partition coefficient (Wildman–Crippen LogP) is 2.63. The molecule has 0 saturated carbocycles. The Morgan fingerprint density at radius 3 is 2.68 bits per heavy atom. The van der Waals surface area contributed by atoms with Gasteiger partial charge in [0.25, 0.3) is 0 Å². The van der Waals surface area contributed by atoms with E-state index in [1.54, 1.807) is 6.92 Å². The molecule has 2 aliphatic heterocycles. The summed E-state index contributed by atoms with van der Waals surface area (Å²) in [4.78, 5) is 12.9. The number of rotatable bonds is 3. The quantitative estimate of drug-likeness (QED) is 0.653. The zero-order valence-corrected chi connectivity index (χ0v) is 14.5. The summed E-state index contributed by atoms with van der Waals surface area (Å²) < 4.78 is 11.8. The number of ether oxygens (including phenoxy) is 2. The van der Waals surface area contributed by atoms with Crippen LogP contribution in [0.15, 0.2) is 54.6 Å². The van der Waals surface area contributed by atoms with Gasteiger partial charge in [0, 0.05) is 11.1 Å². The highest BCUT2D eigenvalue weighted by Gasteiger charge is 2.59. The van der Waals surface area contributed by atoms with Gasteiger partial charge in [-0.1, -0.05) is 48.5 Å². The van der Waals surface area contributed by atoms with E-state index < -0.39 is 11.6 Å². The Kier molecular flexibility index (Phi) is 3.84. The zero-order valence-electron chi connectivity index (χ0n) is 13.7. The third-order valence-electron chi connectivity index (χ3n) is 4.63. The second kappa shape index (κ2) is 6.04. The van der Waals surface area contributed by atoms with Crippen LogP contribution in [-0.4, -0.2) is 17.7 Å². The molecule has 2 aromatic rings. The number of hydrogen-bond acceptors (Lipinski definition) is 4. The van der Waals surface area contributed by atoms with Gasteiger partial charge in [0.1, 0.15) is 11.7 Å². The van der Waals surface area contributed by atoms with Gasteiger partial charge in [0.05, 0.1) is 12.6 Å². The van der Waals surface area contributed by atoms with Crippen molar-refractivity contribution in [2.24, 2.45) is 5.92 Å². The minimum Gasteiger partial charge on any atom is -0.466 e. The minimum atomic E-state index is -1.10. The average molecular weight is 354 g/mol. The van der Waals surface area contributed by atoms with Crippen molar-refractivity contribution in [1.82, 2.24) is 10.6 Å². The Bertz CT molecular complexity index is 826. The monoisotopic (exact) mass is 354 g/mol. The van der Waals surface area contributed by atoms with Gasteiger partial charge in [0.2, 0.25) is 5.72 Å². The molecule has 2 aliphatic rings. The van der Waals surface area contributed by atoms with E-state index >= 15 is 0 Å². The van der Waals surface area contributed by atoms with Gasteiger partial charge in [-0.25, -0.2) is 0 Å². The van der Waals surface area contributed by atoms with Crippen molar-refractivity contribution in [3.05, 3.63) is 65.7 Å². The summed E-state index contributed by atoms with van der Waals surface area (Å²) in [5, 5.41) is 6.88. The van der Waals surface area contributed by atoms with Crippen LogP contribution in [-0.2, 0) is 15.3 Å². The SMILES string of the molecule is CCOC(=O)[C@@H]1[C@H]2NC(=S)N[C@@]1(c1ccccc1)Oc1ccccc12. The molecule has 25 heavy (non-hydrogen) atoms. The number of carbonyl (C=O) groups is 1. The summed E-state index contributed by atoms with van der Waals surface area (Å²) in [6.07, 6.45) is 0. The largest absolute Gasteiger partial charge is 0.466 e. The maximum atomic E-state index is 12.9. The van der Waals surface area contributed by atoms with Gasteiger partial charge >= 0.3 is 5.97 Å². The van der Waals surface area contributed by atoms with Crippen molar-refractivity contribution in [2.45, 2.75) is 18.7 Å². The number of thiocarbonyl (C=S) groups is 1. The summed E-state index contributed by atoms with van der Waals surface area (Å²) in [5.74, 6) is -0.218. The van der Waals surface area contributed by atoms with Crippen LogP contribution in [0.3, 0.4) is 0 Å². The molecular weight excluding hydrogens is 336 g/mol. The van der Waals surface area contributed by atoms with Crippen LogP contribution in [0.25, 0.3) is 0 Å².